The largest absolute Gasteiger partial charge is 0.452 e. The van der Waals surface area contributed by atoms with Crippen molar-refractivity contribution in [1.82, 2.24) is 5.32 Å². The van der Waals surface area contributed by atoms with Crippen molar-refractivity contribution in [2.75, 3.05) is 0 Å². The minimum atomic E-state index is -0.132. The van der Waals surface area contributed by atoms with E-state index in [1.807, 2.05) is 0 Å². The quantitative estimate of drug-likeness (QED) is 0.844. The average molecular weight is 228 g/mol. The minimum absolute atomic E-state index is 0.132. The maximum absolute atomic E-state index is 11.7. The zero-order chi connectivity index (χ0) is 10.8. The van der Waals surface area contributed by atoms with E-state index in [2.05, 4.69) is 12.2 Å². The molecule has 2 atom stereocenters. The predicted octanol–water partition coefficient (Wildman–Crippen LogP) is 2.85. The molecule has 3 nitrogen and oxygen atoms in total. The standard InChI is InChI=1S/C11H14ClNO2/c1-7-2-3-8(6-7)13-11(14)9-4-5-15-10(9)12/h4-5,7-8H,2-3,6H2,1H3,(H,13,14). The van der Waals surface area contributed by atoms with Gasteiger partial charge in [-0.25, -0.2) is 0 Å². The van der Waals surface area contributed by atoms with E-state index in [-0.39, 0.29) is 11.1 Å². The van der Waals surface area contributed by atoms with E-state index in [9.17, 15) is 4.79 Å². The normalized spacial score (nSPS) is 25.5. The fourth-order valence-electron chi connectivity index (χ4n) is 2.06. The minimum Gasteiger partial charge on any atom is -0.452 e. The van der Waals surface area contributed by atoms with E-state index in [1.54, 1.807) is 6.07 Å². The highest BCUT2D eigenvalue weighted by Gasteiger charge is 2.24. The molecule has 1 aromatic rings. The van der Waals surface area contributed by atoms with Crippen molar-refractivity contribution in [1.29, 1.82) is 0 Å². The van der Waals surface area contributed by atoms with E-state index < -0.39 is 0 Å². The second kappa shape index (κ2) is 4.27. The van der Waals surface area contributed by atoms with Gasteiger partial charge in [0, 0.05) is 6.04 Å². The summed E-state index contributed by atoms with van der Waals surface area (Å²) in [6, 6.07) is 1.88. The van der Waals surface area contributed by atoms with Gasteiger partial charge in [0.1, 0.15) is 0 Å². The molecule has 0 aromatic carbocycles. The van der Waals surface area contributed by atoms with E-state index in [0.29, 0.717) is 17.5 Å². The molecule has 2 unspecified atom stereocenters. The van der Waals surface area contributed by atoms with Crippen molar-refractivity contribution < 1.29 is 9.21 Å². The Balaban J connectivity index is 1.96. The molecular weight excluding hydrogens is 214 g/mol. The molecule has 1 saturated carbocycles. The number of rotatable bonds is 2. The third-order valence-electron chi connectivity index (χ3n) is 2.89. The van der Waals surface area contributed by atoms with Gasteiger partial charge in [-0.2, -0.15) is 0 Å². The molecule has 1 fully saturated rings. The van der Waals surface area contributed by atoms with Crippen LogP contribution in [-0.2, 0) is 0 Å². The van der Waals surface area contributed by atoms with Crippen LogP contribution < -0.4 is 5.32 Å². The van der Waals surface area contributed by atoms with Crippen molar-refractivity contribution in [3.8, 4) is 0 Å². The molecular formula is C11H14ClNO2. The lowest BCUT2D eigenvalue weighted by Crippen LogP contribution is -2.32. The zero-order valence-corrected chi connectivity index (χ0v) is 9.38. The number of furan rings is 1. The first-order chi connectivity index (χ1) is 7.16. The zero-order valence-electron chi connectivity index (χ0n) is 8.63. The van der Waals surface area contributed by atoms with E-state index in [4.69, 9.17) is 16.0 Å². The molecule has 1 N–H and O–H groups in total. The number of carbonyl (C=O) groups excluding carboxylic acids is 1. The van der Waals surface area contributed by atoms with Gasteiger partial charge < -0.3 is 9.73 Å². The Morgan fingerprint density at radius 1 is 1.60 bits per heavy atom. The van der Waals surface area contributed by atoms with Crippen LogP contribution in [0.25, 0.3) is 0 Å². The molecule has 0 aliphatic heterocycles. The fourth-order valence-corrected chi connectivity index (χ4v) is 2.26. The SMILES string of the molecule is CC1CCC(NC(=O)c2ccoc2Cl)C1. The Hall–Kier alpha value is -0.960. The van der Waals surface area contributed by atoms with Crippen molar-refractivity contribution in [3.05, 3.63) is 23.1 Å². The van der Waals surface area contributed by atoms with Crippen LogP contribution in [0.1, 0.15) is 36.5 Å². The molecule has 0 saturated heterocycles. The number of halogens is 1. The topological polar surface area (TPSA) is 42.2 Å². The second-order valence-corrected chi connectivity index (χ2v) is 4.54. The second-order valence-electron chi connectivity index (χ2n) is 4.20. The monoisotopic (exact) mass is 227 g/mol. The summed E-state index contributed by atoms with van der Waals surface area (Å²) >= 11 is 5.72. The summed E-state index contributed by atoms with van der Waals surface area (Å²) < 4.78 is 4.88. The smallest absolute Gasteiger partial charge is 0.256 e. The lowest BCUT2D eigenvalue weighted by Gasteiger charge is -2.11. The van der Waals surface area contributed by atoms with Crippen molar-refractivity contribution in [2.45, 2.75) is 32.2 Å². The maximum Gasteiger partial charge on any atom is 0.256 e. The summed E-state index contributed by atoms with van der Waals surface area (Å²) in [5, 5.41) is 3.13. The van der Waals surface area contributed by atoms with Gasteiger partial charge in [-0.3, -0.25) is 4.79 Å². The first kappa shape index (κ1) is 10.6. The Labute approximate surface area is 93.8 Å². The molecule has 1 aliphatic carbocycles. The highest BCUT2D eigenvalue weighted by atomic mass is 35.5. The summed E-state index contributed by atoms with van der Waals surface area (Å²) in [7, 11) is 0. The lowest BCUT2D eigenvalue weighted by molar-refractivity contribution is 0.0937. The molecule has 0 radical (unpaired) electrons. The highest BCUT2D eigenvalue weighted by molar-refractivity contribution is 6.32. The molecule has 1 amide bonds. The highest BCUT2D eigenvalue weighted by Crippen LogP contribution is 2.25. The molecule has 1 heterocycles. The Morgan fingerprint density at radius 3 is 2.93 bits per heavy atom. The summed E-state index contributed by atoms with van der Waals surface area (Å²) in [5.74, 6) is 0.572. The Bertz CT molecular complexity index is 361. The van der Waals surface area contributed by atoms with Gasteiger partial charge in [0.15, 0.2) is 0 Å². The first-order valence-corrected chi connectivity index (χ1v) is 5.58. The van der Waals surface area contributed by atoms with Gasteiger partial charge in [0.2, 0.25) is 5.22 Å². The van der Waals surface area contributed by atoms with Gasteiger partial charge in [-0.15, -0.1) is 0 Å². The van der Waals surface area contributed by atoms with Crippen LogP contribution in [0.2, 0.25) is 5.22 Å². The van der Waals surface area contributed by atoms with E-state index in [0.717, 1.165) is 12.8 Å². The van der Waals surface area contributed by atoms with Crippen LogP contribution >= 0.6 is 11.6 Å². The van der Waals surface area contributed by atoms with Gasteiger partial charge >= 0.3 is 0 Å². The average Bonchev–Trinajstić information content (AvgIpc) is 2.75. The van der Waals surface area contributed by atoms with Crippen molar-refractivity contribution >= 4 is 17.5 Å². The van der Waals surface area contributed by atoms with Crippen LogP contribution in [0, 0.1) is 5.92 Å². The third kappa shape index (κ3) is 2.34. The van der Waals surface area contributed by atoms with Crippen molar-refractivity contribution in [3.63, 3.8) is 0 Å². The fraction of sp³-hybridized carbons (Fsp3) is 0.545. The van der Waals surface area contributed by atoms with Gasteiger partial charge in [-0.1, -0.05) is 6.92 Å². The summed E-state index contributed by atoms with van der Waals surface area (Å²) in [6.07, 6.45) is 4.72. The van der Waals surface area contributed by atoms with Crippen LogP contribution in [-0.4, -0.2) is 11.9 Å². The predicted molar refractivity (Wildman–Crippen MR) is 58.0 cm³/mol. The summed E-state index contributed by atoms with van der Waals surface area (Å²) in [4.78, 5) is 11.7. The number of hydrogen-bond acceptors (Lipinski definition) is 2. The molecule has 82 valence electrons. The van der Waals surface area contributed by atoms with Gasteiger partial charge in [0.05, 0.1) is 11.8 Å². The summed E-state index contributed by atoms with van der Waals surface area (Å²) in [6.45, 7) is 2.21. The third-order valence-corrected chi connectivity index (χ3v) is 3.19. The number of amides is 1. The van der Waals surface area contributed by atoms with E-state index in [1.165, 1.54) is 12.7 Å². The molecule has 0 spiro atoms. The maximum atomic E-state index is 11.7. The Kier molecular flexibility index (Phi) is 3.00. The van der Waals surface area contributed by atoms with Gasteiger partial charge in [-0.05, 0) is 42.8 Å². The van der Waals surface area contributed by atoms with Crippen LogP contribution in [0.5, 0.6) is 0 Å². The van der Waals surface area contributed by atoms with Crippen molar-refractivity contribution in [2.24, 2.45) is 5.92 Å². The van der Waals surface area contributed by atoms with Crippen LogP contribution in [0.4, 0.5) is 0 Å². The number of nitrogens with one attached hydrogen (secondary N) is 1. The van der Waals surface area contributed by atoms with Gasteiger partial charge in [0.25, 0.3) is 5.91 Å². The lowest BCUT2D eigenvalue weighted by atomic mass is 10.1. The number of carbonyl (C=O) groups is 1. The Morgan fingerprint density at radius 2 is 2.40 bits per heavy atom. The molecule has 15 heavy (non-hydrogen) atoms. The molecule has 1 aromatic heterocycles. The molecule has 4 heteroatoms. The molecule has 1 aliphatic rings. The van der Waals surface area contributed by atoms with Crippen LogP contribution in [0.3, 0.4) is 0 Å². The molecule has 2 rings (SSSR count). The first-order valence-electron chi connectivity index (χ1n) is 5.20. The summed E-state index contributed by atoms with van der Waals surface area (Å²) in [5.41, 5.74) is 0.427. The van der Waals surface area contributed by atoms with E-state index >= 15 is 0 Å². The molecule has 0 bridgehead atoms. The van der Waals surface area contributed by atoms with Crippen LogP contribution in [0.15, 0.2) is 16.7 Å². The number of hydrogen-bond donors (Lipinski definition) is 1.